The third-order valence-electron chi connectivity index (χ3n) is 3.74. The molecule has 0 bridgehead atoms. The van der Waals surface area contributed by atoms with Gasteiger partial charge < -0.3 is 14.0 Å². The van der Waals surface area contributed by atoms with Crippen LogP contribution in [0.4, 0.5) is 5.69 Å². The lowest BCUT2D eigenvalue weighted by Crippen LogP contribution is -2.07. The minimum Gasteiger partial charge on any atom is -0.493 e. The molecule has 0 aliphatic carbocycles. The number of ether oxygens (including phenoxy) is 2. The molecule has 0 saturated carbocycles. The normalized spacial score (nSPS) is 10.6. The molecule has 0 aliphatic rings. The molecule has 0 radical (unpaired) electrons. The van der Waals surface area contributed by atoms with Gasteiger partial charge in [-0.25, -0.2) is 0 Å². The molecule has 0 spiro atoms. The molecular weight excluding hydrogens is 312 g/mol. The van der Waals surface area contributed by atoms with E-state index in [4.69, 9.17) is 9.47 Å². The average Bonchev–Trinajstić information content (AvgIpc) is 2.61. The first-order chi connectivity index (χ1) is 11.5. The standard InChI is InChI=1S/C17H14N2O5/c1-23-16-9-13-14(10-17(16)24-2)18(8-7-15(13)20)11-3-5-12(6-4-11)19(21)22/h3-10H,1-2H3. The maximum Gasteiger partial charge on any atom is 0.269 e. The van der Waals surface area contributed by atoms with Gasteiger partial charge in [0.2, 0.25) is 0 Å². The van der Waals surface area contributed by atoms with Crippen molar-refractivity contribution >= 4 is 16.6 Å². The number of rotatable bonds is 4. The maximum atomic E-state index is 12.2. The molecule has 0 saturated heterocycles. The van der Waals surface area contributed by atoms with Gasteiger partial charge in [-0.05, 0) is 18.2 Å². The second-order valence-corrected chi connectivity index (χ2v) is 5.05. The van der Waals surface area contributed by atoms with E-state index >= 15 is 0 Å². The van der Waals surface area contributed by atoms with Gasteiger partial charge in [0.25, 0.3) is 5.69 Å². The molecule has 7 nitrogen and oxygen atoms in total. The van der Waals surface area contributed by atoms with Crippen molar-refractivity contribution in [1.29, 1.82) is 0 Å². The highest BCUT2D eigenvalue weighted by Gasteiger charge is 2.12. The Morgan fingerprint density at radius 3 is 2.21 bits per heavy atom. The zero-order valence-electron chi connectivity index (χ0n) is 13.1. The number of methoxy groups -OCH3 is 2. The molecule has 0 atom stereocenters. The zero-order valence-corrected chi connectivity index (χ0v) is 13.1. The fraction of sp³-hybridized carbons (Fsp3) is 0.118. The highest BCUT2D eigenvalue weighted by molar-refractivity contribution is 5.84. The van der Waals surface area contributed by atoms with Crippen LogP contribution < -0.4 is 14.9 Å². The van der Waals surface area contributed by atoms with E-state index in [1.54, 1.807) is 35.0 Å². The molecule has 122 valence electrons. The molecule has 0 aliphatic heterocycles. The van der Waals surface area contributed by atoms with E-state index in [1.165, 1.54) is 32.4 Å². The number of non-ortho nitro benzene ring substituents is 1. The molecule has 0 unspecified atom stereocenters. The van der Waals surface area contributed by atoms with E-state index in [0.29, 0.717) is 28.1 Å². The fourth-order valence-electron chi connectivity index (χ4n) is 2.54. The molecule has 1 heterocycles. The van der Waals surface area contributed by atoms with E-state index in [1.807, 2.05) is 0 Å². The third kappa shape index (κ3) is 2.56. The summed E-state index contributed by atoms with van der Waals surface area (Å²) in [4.78, 5) is 22.5. The van der Waals surface area contributed by atoms with Gasteiger partial charge in [0.1, 0.15) is 0 Å². The van der Waals surface area contributed by atoms with Crippen molar-refractivity contribution in [3.8, 4) is 17.2 Å². The highest BCUT2D eigenvalue weighted by atomic mass is 16.6. The molecule has 3 aromatic rings. The lowest BCUT2D eigenvalue weighted by molar-refractivity contribution is -0.384. The molecule has 0 N–H and O–H groups in total. The van der Waals surface area contributed by atoms with Crippen molar-refractivity contribution in [3.05, 3.63) is 69.0 Å². The van der Waals surface area contributed by atoms with Crippen LogP contribution in [0.25, 0.3) is 16.6 Å². The van der Waals surface area contributed by atoms with Gasteiger partial charge in [-0.1, -0.05) is 0 Å². The molecular formula is C17H14N2O5. The Bertz CT molecular complexity index is 977. The number of fused-ring (bicyclic) bond motifs is 1. The summed E-state index contributed by atoms with van der Waals surface area (Å²) >= 11 is 0. The second kappa shape index (κ2) is 6.04. The number of nitro benzene ring substituents is 1. The molecule has 3 rings (SSSR count). The minimum atomic E-state index is -0.457. The van der Waals surface area contributed by atoms with Crippen LogP contribution in [0.1, 0.15) is 0 Å². The summed E-state index contributed by atoms with van der Waals surface area (Å²) in [7, 11) is 3.02. The van der Waals surface area contributed by atoms with Crippen molar-refractivity contribution in [2.75, 3.05) is 14.2 Å². The van der Waals surface area contributed by atoms with Crippen molar-refractivity contribution in [2.24, 2.45) is 0 Å². The van der Waals surface area contributed by atoms with Crippen LogP contribution in [0.5, 0.6) is 11.5 Å². The van der Waals surface area contributed by atoms with E-state index in [2.05, 4.69) is 0 Å². The molecule has 24 heavy (non-hydrogen) atoms. The van der Waals surface area contributed by atoms with Crippen molar-refractivity contribution in [3.63, 3.8) is 0 Å². The lowest BCUT2D eigenvalue weighted by Gasteiger charge is -2.14. The summed E-state index contributed by atoms with van der Waals surface area (Å²) in [5.41, 5.74) is 1.17. The number of nitrogens with zero attached hydrogens (tertiary/aromatic N) is 2. The Hall–Kier alpha value is -3.35. The quantitative estimate of drug-likeness (QED) is 0.544. The Kier molecular flexibility index (Phi) is 3.91. The van der Waals surface area contributed by atoms with E-state index < -0.39 is 4.92 Å². The Balaban J connectivity index is 2.26. The fourth-order valence-corrected chi connectivity index (χ4v) is 2.54. The van der Waals surface area contributed by atoms with Crippen molar-refractivity contribution in [1.82, 2.24) is 4.57 Å². The number of hydrogen-bond acceptors (Lipinski definition) is 5. The SMILES string of the molecule is COc1cc2c(=O)ccn(-c3ccc([N+](=O)[O-])cc3)c2cc1OC. The molecule has 1 aromatic heterocycles. The maximum absolute atomic E-state index is 12.2. The summed E-state index contributed by atoms with van der Waals surface area (Å²) in [5.74, 6) is 0.954. The van der Waals surface area contributed by atoms with Gasteiger partial charge in [-0.3, -0.25) is 14.9 Å². The summed E-state index contributed by atoms with van der Waals surface area (Å²) in [6.45, 7) is 0. The average molecular weight is 326 g/mol. The van der Waals surface area contributed by atoms with Gasteiger partial charge in [-0.15, -0.1) is 0 Å². The zero-order chi connectivity index (χ0) is 17.3. The van der Waals surface area contributed by atoms with Gasteiger partial charge in [0, 0.05) is 41.5 Å². The molecule has 0 fully saturated rings. The Morgan fingerprint density at radius 2 is 1.62 bits per heavy atom. The van der Waals surface area contributed by atoms with Crippen LogP contribution in [-0.4, -0.2) is 23.7 Å². The number of hydrogen-bond donors (Lipinski definition) is 0. The van der Waals surface area contributed by atoms with Gasteiger partial charge >= 0.3 is 0 Å². The number of aromatic nitrogens is 1. The van der Waals surface area contributed by atoms with Gasteiger partial charge in [-0.2, -0.15) is 0 Å². The Morgan fingerprint density at radius 1 is 1.00 bits per heavy atom. The van der Waals surface area contributed by atoms with E-state index in [0.717, 1.165) is 0 Å². The smallest absolute Gasteiger partial charge is 0.269 e. The van der Waals surface area contributed by atoms with Crippen LogP contribution >= 0.6 is 0 Å². The van der Waals surface area contributed by atoms with Gasteiger partial charge in [0.15, 0.2) is 16.9 Å². The van der Waals surface area contributed by atoms with Crippen LogP contribution in [0.2, 0.25) is 0 Å². The first kappa shape index (κ1) is 15.5. The molecule has 2 aromatic carbocycles. The Labute approximate surface area is 136 Å². The third-order valence-corrected chi connectivity index (χ3v) is 3.74. The van der Waals surface area contributed by atoms with Crippen LogP contribution in [0.15, 0.2) is 53.5 Å². The summed E-state index contributed by atoms with van der Waals surface area (Å²) < 4.78 is 12.3. The monoisotopic (exact) mass is 326 g/mol. The van der Waals surface area contributed by atoms with Crippen LogP contribution in [0.3, 0.4) is 0 Å². The first-order valence-corrected chi connectivity index (χ1v) is 7.07. The number of pyridine rings is 1. The van der Waals surface area contributed by atoms with Crippen molar-refractivity contribution < 1.29 is 14.4 Å². The largest absolute Gasteiger partial charge is 0.493 e. The molecule has 7 heteroatoms. The number of nitro groups is 1. The van der Waals surface area contributed by atoms with Crippen molar-refractivity contribution in [2.45, 2.75) is 0 Å². The number of benzene rings is 2. The summed E-state index contributed by atoms with van der Waals surface area (Å²) in [6.07, 6.45) is 1.62. The topological polar surface area (TPSA) is 83.6 Å². The highest BCUT2D eigenvalue weighted by Crippen LogP contribution is 2.31. The predicted molar refractivity (Wildman–Crippen MR) is 89.3 cm³/mol. The van der Waals surface area contributed by atoms with E-state index in [-0.39, 0.29) is 11.1 Å². The molecule has 0 amide bonds. The summed E-state index contributed by atoms with van der Waals surface area (Å²) in [6, 6.07) is 10.8. The van der Waals surface area contributed by atoms with Crippen LogP contribution in [0, 0.1) is 10.1 Å². The minimum absolute atomic E-state index is 0.00310. The summed E-state index contributed by atoms with van der Waals surface area (Å²) in [5, 5.41) is 11.3. The predicted octanol–water partition coefficient (Wildman–Crippen LogP) is 2.92. The first-order valence-electron chi connectivity index (χ1n) is 7.07. The van der Waals surface area contributed by atoms with E-state index in [9.17, 15) is 14.9 Å². The van der Waals surface area contributed by atoms with Crippen LogP contribution in [-0.2, 0) is 0 Å². The lowest BCUT2D eigenvalue weighted by atomic mass is 10.1. The second-order valence-electron chi connectivity index (χ2n) is 5.05. The van der Waals surface area contributed by atoms with Gasteiger partial charge in [0.05, 0.1) is 24.7 Å².